The van der Waals surface area contributed by atoms with Gasteiger partial charge in [-0.05, 0) is 62.3 Å². The molecule has 5 nitrogen and oxygen atoms in total. The molecular weight excluding hydrogens is 290 g/mol. The molecule has 1 aliphatic heterocycles. The molecule has 0 saturated carbocycles. The maximum atomic E-state index is 12.5. The van der Waals surface area contributed by atoms with E-state index in [2.05, 4.69) is 10.3 Å². The maximum absolute atomic E-state index is 12.5. The van der Waals surface area contributed by atoms with E-state index in [1.54, 1.807) is 12.4 Å². The summed E-state index contributed by atoms with van der Waals surface area (Å²) in [6, 6.07) is 10.9. The average Bonchev–Trinajstić information content (AvgIpc) is 3.05. The molecule has 1 atom stereocenters. The highest BCUT2D eigenvalue weighted by molar-refractivity contribution is 5.94. The molecule has 1 fully saturated rings. The molecule has 0 spiro atoms. The van der Waals surface area contributed by atoms with Crippen LogP contribution in [0.15, 0.2) is 48.8 Å². The lowest BCUT2D eigenvalue weighted by atomic mass is 10.1. The van der Waals surface area contributed by atoms with Crippen LogP contribution in [0.2, 0.25) is 0 Å². The molecule has 0 bridgehead atoms. The number of nitrogens with one attached hydrogen (secondary N) is 1. The van der Waals surface area contributed by atoms with Crippen molar-refractivity contribution in [1.82, 2.24) is 15.2 Å². The van der Waals surface area contributed by atoms with E-state index < -0.39 is 0 Å². The zero-order chi connectivity index (χ0) is 16.1. The third kappa shape index (κ3) is 3.87. The minimum absolute atomic E-state index is 0.0940. The molecule has 1 aliphatic rings. The van der Waals surface area contributed by atoms with Crippen LogP contribution in [0.3, 0.4) is 0 Å². The van der Waals surface area contributed by atoms with Crippen LogP contribution in [-0.4, -0.2) is 42.5 Å². The largest absolute Gasteiger partial charge is 0.456 e. The highest BCUT2D eigenvalue weighted by Crippen LogP contribution is 2.22. The fourth-order valence-electron chi connectivity index (χ4n) is 2.86. The van der Waals surface area contributed by atoms with Crippen molar-refractivity contribution in [3.63, 3.8) is 0 Å². The van der Waals surface area contributed by atoms with Crippen molar-refractivity contribution in [3.05, 3.63) is 54.4 Å². The number of carbonyl (C=O) groups excluding carboxylic acids is 1. The number of nitrogens with zero attached hydrogens (tertiary/aromatic N) is 2. The smallest absolute Gasteiger partial charge is 0.253 e. The molecule has 5 heteroatoms. The van der Waals surface area contributed by atoms with Crippen molar-refractivity contribution >= 4 is 5.91 Å². The van der Waals surface area contributed by atoms with E-state index in [0.717, 1.165) is 26.1 Å². The van der Waals surface area contributed by atoms with Crippen LogP contribution in [0.25, 0.3) is 0 Å². The Morgan fingerprint density at radius 1 is 1.30 bits per heavy atom. The number of hydrogen-bond acceptors (Lipinski definition) is 4. The van der Waals surface area contributed by atoms with E-state index in [4.69, 9.17) is 4.74 Å². The first-order chi connectivity index (χ1) is 11.3. The Morgan fingerprint density at radius 3 is 2.83 bits per heavy atom. The quantitative estimate of drug-likeness (QED) is 0.922. The van der Waals surface area contributed by atoms with E-state index in [0.29, 0.717) is 23.0 Å². The molecule has 2 heterocycles. The Hall–Kier alpha value is -2.40. The number of hydrogen-bond donors (Lipinski definition) is 1. The third-order valence-electron chi connectivity index (χ3n) is 4.04. The topological polar surface area (TPSA) is 54.5 Å². The molecule has 3 rings (SSSR count). The highest BCUT2D eigenvalue weighted by Gasteiger charge is 2.26. The number of rotatable bonds is 5. The lowest BCUT2D eigenvalue weighted by Gasteiger charge is -2.17. The van der Waals surface area contributed by atoms with Crippen molar-refractivity contribution in [2.45, 2.75) is 6.42 Å². The second kappa shape index (κ2) is 7.24. The van der Waals surface area contributed by atoms with E-state index in [9.17, 15) is 4.79 Å². The summed E-state index contributed by atoms with van der Waals surface area (Å²) in [4.78, 5) is 18.5. The summed E-state index contributed by atoms with van der Waals surface area (Å²) in [7, 11) is 1.95. The fourth-order valence-corrected chi connectivity index (χ4v) is 2.86. The Morgan fingerprint density at radius 2 is 2.13 bits per heavy atom. The molecule has 0 aliphatic carbocycles. The molecule has 0 radical (unpaired) electrons. The minimum atomic E-state index is 0.0940. The summed E-state index contributed by atoms with van der Waals surface area (Å²) in [6.45, 7) is 2.62. The first-order valence-electron chi connectivity index (χ1n) is 7.88. The Balaban J connectivity index is 1.62. The number of aromatic nitrogens is 1. The molecule has 23 heavy (non-hydrogen) atoms. The average molecular weight is 311 g/mol. The van der Waals surface area contributed by atoms with Crippen molar-refractivity contribution < 1.29 is 9.53 Å². The first-order valence-corrected chi connectivity index (χ1v) is 7.88. The summed E-state index contributed by atoms with van der Waals surface area (Å²) in [5.41, 5.74) is 0.702. The van der Waals surface area contributed by atoms with Gasteiger partial charge in [0.05, 0.1) is 6.20 Å². The van der Waals surface area contributed by atoms with Crippen LogP contribution in [0.1, 0.15) is 16.8 Å². The van der Waals surface area contributed by atoms with Crippen LogP contribution in [0.5, 0.6) is 11.5 Å². The monoisotopic (exact) mass is 311 g/mol. The number of ether oxygens (including phenoxy) is 1. The summed E-state index contributed by atoms with van der Waals surface area (Å²) in [5, 5.41) is 3.18. The van der Waals surface area contributed by atoms with Gasteiger partial charge in [-0.1, -0.05) is 0 Å². The molecule has 1 N–H and O–H groups in total. The number of pyridine rings is 1. The van der Waals surface area contributed by atoms with Gasteiger partial charge in [-0.3, -0.25) is 9.78 Å². The Kier molecular flexibility index (Phi) is 4.88. The van der Waals surface area contributed by atoms with Gasteiger partial charge in [0.1, 0.15) is 11.5 Å². The summed E-state index contributed by atoms with van der Waals surface area (Å²) in [5.74, 6) is 2.03. The van der Waals surface area contributed by atoms with E-state index in [-0.39, 0.29) is 5.91 Å². The van der Waals surface area contributed by atoms with Crippen LogP contribution in [0.4, 0.5) is 0 Å². The van der Waals surface area contributed by atoms with Gasteiger partial charge in [0.2, 0.25) is 0 Å². The Bertz CT molecular complexity index is 643. The molecule has 1 unspecified atom stereocenters. The van der Waals surface area contributed by atoms with Gasteiger partial charge >= 0.3 is 0 Å². The van der Waals surface area contributed by atoms with E-state index in [1.807, 2.05) is 48.3 Å². The van der Waals surface area contributed by atoms with Crippen molar-refractivity contribution in [2.75, 3.05) is 26.7 Å². The van der Waals surface area contributed by atoms with Gasteiger partial charge in [0.25, 0.3) is 5.91 Å². The van der Waals surface area contributed by atoms with Crippen LogP contribution in [-0.2, 0) is 0 Å². The minimum Gasteiger partial charge on any atom is -0.456 e. The summed E-state index contributed by atoms with van der Waals surface area (Å²) in [6.07, 6.45) is 4.42. The molecule has 120 valence electrons. The number of benzene rings is 1. The first kappa shape index (κ1) is 15.5. The third-order valence-corrected chi connectivity index (χ3v) is 4.04. The molecule has 2 aromatic rings. The number of amides is 1. The summed E-state index contributed by atoms with van der Waals surface area (Å²) >= 11 is 0. The van der Waals surface area contributed by atoms with Crippen LogP contribution >= 0.6 is 0 Å². The van der Waals surface area contributed by atoms with E-state index in [1.165, 1.54) is 0 Å². The lowest BCUT2D eigenvalue weighted by Crippen LogP contribution is -2.30. The number of carbonyl (C=O) groups is 1. The van der Waals surface area contributed by atoms with Crippen molar-refractivity contribution in [3.8, 4) is 11.5 Å². The van der Waals surface area contributed by atoms with Crippen molar-refractivity contribution in [2.24, 2.45) is 5.92 Å². The number of likely N-dealkylation sites (tertiary alicyclic amines) is 1. The fraction of sp³-hybridized carbons (Fsp3) is 0.333. The maximum Gasteiger partial charge on any atom is 0.253 e. The predicted octanol–water partition coefficient (Wildman–Crippen LogP) is 2.56. The zero-order valence-corrected chi connectivity index (χ0v) is 13.2. The Labute approximate surface area is 136 Å². The van der Waals surface area contributed by atoms with Gasteiger partial charge < -0.3 is 15.0 Å². The van der Waals surface area contributed by atoms with Gasteiger partial charge in [-0.15, -0.1) is 0 Å². The van der Waals surface area contributed by atoms with Crippen LogP contribution in [0, 0.1) is 5.92 Å². The molecule has 1 saturated heterocycles. The van der Waals surface area contributed by atoms with Crippen LogP contribution < -0.4 is 10.1 Å². The predicted molar refractivity (Wildman–Crippen MR) is 88.7 cm³/mol. The standard InChI is InChI=1S/C18H21N3O2/c1-19-11-14-8-10-21(13-14)18(22)15-4-6-16(7-5-15)23-17-3-2-9-20-12-17/h2-7,9,12,14,19H,8,10-11,13H2,1H3. The highest BCUT2D eigenvalue weighted by atomic mass is 16.5. The van der Waals surface area contributed by atoms with E-state index >= 15 is 0 Å². The normalized spacial score (nSPS) is 17.3. The van der Waals surface area contributed by atoms with Gasteiger partial charge in [-0.25, -0.2) is 0 Å². The second-order valence-electron chi connectivity index (χ2n) is 5.78. The SMILES string of the molecule is CNCC1CCN(C(=O)c2ccc(Oc3cccnc3)cc2)C1. The summed E-state index contributed by atoms with van der Waals surface area (Å²) < 4.78 is 5.69. The van der Waals surface area contributed by atoms with Gasteiger partial charge in [0.15, 0.2) is 0 Å². The molecule has 1 aromatic heterocycles. The molecule has 1 amide bonds. The zero-order valence-electron chi connectivity index (χ0n) is 13.2. The lowest BCUT2D eigenvalue weighted by molar-refractivity contribution is 0.0787. The molecular formula is C18H21N3O2. The van der Waals surface area contributed by atoms with Crippen molar-refractivity contribution in [1.29, 1.82) is 0 Å². The van der Waals surface area contributed by atoms with Gasteiger partial charge in [0, 0.05) is 24.8 Å². The van der Waals surface area contributed by atoms with Gasteiger partial charge in [-0.2, -0.15) is 0 Å². The molecule has 1 aromatic carbocycles. The second-order valence-corrected chi connectivity index (χ2v) is 5.78.